The molecule has 5 aromatic rings. The second-order valence-corrected chi connectivity index (χ2v) is 8.46. The summed E-state index contributed by atoms with van der Waals surface area (Å²) >= 11 is 0. The highest BCUT2D eigenvalue weighted by atomic mass is 19.3. The number of rotatable bonds is 6. The molecule has 3 N–H and O–H groups in total. The van der Waals surface area contributed by atoms with Crippen molar-refractivity contribution in [1.82, 2.24) is 15.0 Å². The average Bonchev–Trinajstić information content (AvgIpc) is 3.32. The first kappa shape index (κ1) is 23.8. The van der Waals surface area contributed by atoms with Gasteiger partial charge in [0.1, 0.15) is 11.6 Å². The maximum atomic E-state index is 13.9. The Morgan fingerprint density at radius 2 is 1.57 bits per heavy atom. The minimum absolute atomic E-state index is 0.0842. The van der Waals surface area contributed by atoms with Crippen LogP contribution in [-0.2, 0) is 5.92 Å². The lowest BCUT2D eigenvalue weighted by Gasteiger charge is -2.15. The van der Waals surface area contributed by atoms with Crippen molar-refractivity contribution >= 4 is 34.4 Å². The summed E-state index contributed by atoms with van der Waals surface area (Å²) in [6.07, 6.45) is 1.59. The number of carbonyl (C=O) groups excluding carboxylic acids is 2. The smallest absolute Gasteiger partial charge is 0.271 e. The van der Waals surface area contributed by atoms with Crippen molar-refractivity contribution in [2.45, 2.75) is 12.8 Å². The summed E-state index contributed by atoms with van der Waals surface area (Å²) in [5, 5.41) is 5.42. The van der Waals surface area contributed by atoms with E-state index < -0.39 is 11.8 Å². The summed E-state index contributed by atoms with van der Waals surface area (Å²) in [7, 11) is 0. The third-order valence-electron chi connectivity index (χ3n) is 5.71. The van der Waals surface area contributed by atoms with Gasteiger partial charge in [-0.15, -0.1) is 0 Å². The predicted octanol–water partition coefficient (Wildman–Crippen LogP) is 6.24. The number of aromatic amines is 1. The summed E-state index contributed by atoms with van der Waals surface area (Å²) in [4.78, 5) is 37.1. The van der Waals surface area contributed by atoms with Gasteiger partial charge in [0.05, 0.1) is 17.2 Å². The number of nitrogens with one attached hydrogen (secondary N) is 3. The molecule has 3 aromatic carbocycles. The van der Waals surface area contributed by atoms with Gasteiger partial charge in [-0.1, -0.05) is 36.4 Å². The van der Waals surface area contributed by atoms with Crippen LogP contribution in [-0.4, -0.2) is 26.8 Å². The minimum Gasteiger partial charge on any atom is -0.337 e. The quantitative estimate of drug-likeness (QED) is 0.259. The number of hydrogen-bond donors (Lipinski definition) is 3. The molecule has 0 aliphatic heterocycles. The molecule has 2 heterocycles. The van der Waals surface area contributed by atoms with E-state index in [1.807, 2.05) is 6.07 Å². The van der Waals surface area contributed by atoms with Gasteiger partial charge in [-0.3, -0.25) is 9.59 Å². The zero-order chi connectivity index (χ0) is 26.0. The Hall–Kier alpha value is -4.92. The van der Waals surface area contributed by atoms with Crippen LogP contribution in [0.4, 0.5) is 20.3 Å². The predicted molar refractivity (Wildman–Crippen MR) is 138 cm³/mol. The number of benzene rings is 3. The Balaban J connectivity index is 1.31. The lowest BCUT2D eigenvalue weighted by atomic mass is 10.0. The van der Waals surface area contributed by atoms with Gasteiger partial charge < -0.3 is 15.6 Å². The molecule has 0 saturated heterocycles. The lowest BCUT2D eigenvalue weighted by molar-refractivity contribution is 0.0165. The third-order valence-corrected chi connectivity index (χ3v) is 5.71. The summed E-state index contributed by atoms with van der Waals surface area (Å²) in [5.41, 5.74) is 2.59. The fraction of sp³-hybridized carbons (Fsp3) is 0.0714. The van der Waals surface area contributed by atoms with E-state index in [2.05, 4.69) is 25.6 Å². The van der Waals surface area contributed by atoms with Gasteiger partial charge in [-0.25, -0.2) is 18.7 Å². The summed E-state index contributed by atoms with van der Waals surface area (Å²) in [6, 6.07) is 23.0. The molecule has 9 heteroatoms. The first-order valence-corrected chi connectivity index (χ1v) is 11.4. The molecule has 0 radical (unpaired) electrons. The van der Waals surface area contributed by atoms with E-state index in [0.29, 0.717) is 33.9 Å². The number of hydrogen-bond acceptors (Lipinski definition) is 4. The molecule has 0 unspecified atom stereocenters. The Bertz CT molecular complexity index is 1590. The summed E-state index contributed by atoms with van der Waals surface area (Å²) < 4.78 is 27.8. The van der Waals surface area contributed by atoms with Crippen molar-refractivity contribution < 1.29 is 18.4 Å². The Morgan fingerprint density at radius 1 is 0.865 bits per heavy atom. The molecule has 0 aliphatic rings. The van der Waals surface area contributed by atoms with E-state index >= 15 is 0 Å². The van der Waals surface area contributed by atoms with Crippen LogP contribution in [0.5, 0.6) is 0 Å². The van der Waals surface area contributed by atoms with Crippen molar-refractivity contribution in [1.29, 1.82) is 0 Å². The van der Waals surface area contributed by atoms with E-state index in [9.17, 15) is 18.4 Å². The fourth-order valence-electron chi connectivity index (χ4n) is 3.87. The third kappa shape index (κ3) is 5.20. The number of carbonyl (C=O) groups is 2. The first-order chi connectivity index (χ1) is 17.8. The van der Waals surface area contributed by atoms with Gasteiger partial charge >= 0.3 is 0 Å². The Labute approximate surface area is 210 Å². The number of imidazole rings is 1. The zero-order valence-corrected chi connectivity index (χ0v) is 19.6. The van der Waals surface area contributed by atoms with Crippen LogP contribution in [0.3, 0.4) is 0 Å². The average molecular weight is 498 g/mol. The van der Waals surface area contributed by atoms with Gasteiger partial charge in [0.25, 0.3) is 17.7 Å². The highest BCUT2D eigenvalue weighted by Crippen LogP contribution is 2.30. The molecule has 7 nitrogen and oxygen atoms in total. The number of amides is 2. The molecule has 0 atom stereocenters. The number of fused-ring (bicyclic) bond motifs is 1. The fourth-order valence-corrected chi connectivity index (χ4v) is 3.87. The number of aromatic nitrogens is 3. The topological polar surface area (TPSA) is 99.8 Å². The van der Waals surface area contributed by atoms with Crippen LogP contribution in [0.2, 0.25) is 0 Å². The Kier molecular flexibility index (Phi) is 6.19. The largest absolute Gasteiger partial charge is 0.337 e. The van der Waals surface area contributed by atoms with Crippen molar-refractivity contribution in [2.24, 2.45) is 0 Å². The van der Waals surface area contributed by atoms with Gasteiger partial charge in [-0.05, 0) is 42.5 Å². The maximum Gasteiger partial charge on any atom is 0.271 e. The molecule has 0 saturated carbocycles. The molecule has 0 spiro atoms. The summed E-state index contributed by atoms with van der Waals surface area (Å²) in [5.74, 6) is -3.10. The van der Waals surface area contributed by atoms with Crippen LogP contribution in [0.25, 0.3) is 22.4 Å². The van der Waals surface area contributed by atoms with Gasteiger partial charge in [0, 0.05) is 40.9 Å². The number of H-pyrrole nitrogens is 1. The highest BCUT2D eigenvalue weighted by Gasteiger charge is 2.29. The van der Waals surface area contributed by atoms with Crippen molar-refractivity contribution in [2.75, 3.05) is 10.6 Å². The van der Waals surface area contributed by atoms with Crippen molar-refractivity contribution in [3.8, 4) is 11.4 Å². The lowest BCUT2D eigenvalue weighted by Crippen LogP contribution is -2.19. The second-order valence-electron chi connectivity index (χ2n) is 8.46. The molecule has 0 aliphatic carbocycles. The van der Waals surface area contributed by atoms with Crippen molar-refractivity contribution in [3.05, 3.63) is 108 Å². The molecule has 2 amide bonds. The van der Waals surface area contributed by atoms with E-state index in [1.54, 1.807) is 66.9 Å². The summed E-state index contributed by atoms with van der Waals surface area (Å²) in [6.45, 7) is 0.761. The highest BCUT2D eigenvalue weighted by molar-refractivity contribution is 6.06. The van der Waals surface area contributed by atoms with Gasteiger partial charge in [-0.2, -0.15) is 0 Å². The van der Waals surface area contributed by atoms with E-state index in [0.717, 1.165) is 12.5 Å². The molecular formula is C28H21F2N5O2. The van der Waals surface area contributed by atoms with Crippen LogP contribution in [0.1, 0.15) is 33.2 Å². The van der Waals surface area contributed by atoms with Gasteiger partial charge in [0.15, 0.2) is 0 Å². The molecule has 0 fully saturated rings. The number of anilines is 2. The SMILES string of the molecule is CC(F)(F)c1ccccc1C(=O)Nc1ccc(-c2nc3cc(NC(=O)c4ccccc4)ncc3[nH]2)cc1. The molecule has 2 aromatic heterocycles. The molecular weight excluding hydrogens is 476 g/mol. The number of halogens is 2. The van der Waals surface area contributed by atoms with Crippen LogP contribution >= 0.6 is 0 Å². The molecule has 0 bridgehead atoms. The van der Waals surface area contributed by atoms with E-state index in [4.69, 9.17) is 0 Å². The molecule has 37 heavy (non-hydrogen) atoms. The first-order valence-electron chi connectivity index (χ1n) is 11.4. The number of pyridine rings is 1. The van der Waals surface area contributed by atoms with Crippen LogP contribution in [0.15, 0.2) is 91.1 Å². The van der Waals surface area contributed by atoms with E-state index in [1.165, 1.54) is 18.2 Å². The Morgan fingerprint density at radius 3 is 2.30 bits per heavy atom. The second kappa shape index (κ2) is 9.62. The molecule has 5 rings (SSSR count). The zero-order valence-electron chi connectivity index (χ0n) is 19.6. The normalized spacial score (nSPS) is 11.3. The van der Waals surface area contributed by atoms with Gasteiger partial charge in [0.2, 0.25) is 0 Å². The monoisotopic (exact) mass is 497 g/mol. The maximum absolute atomic E-state index is 13.9. The minimum atomic E-state index is -3.14. The van der Waals surface area contributed by atoms with Crippen LogP contribution in [0, 0.1) is 0 Å². The van der Waals surface area contributed by atoms with Crippen molar-refractivity contribution in [3.63, 3.8) is 0 Å². The molecule has 184 valence electrons. The van der Waals surface area contributed by atoms with Crippen LogP contribution < -0.4 is 10.6 Å². The standard InChI is InChI=1S/C28H21F2N5O2/c1-28(29,30)21-10-6-5-9-20(21)27(37)32-19-13-11-17(12-14-19)25-33-22-15-24(31-16-23(22)34-25)35-26(36)18-7-3-2-4-8-18/h2-16H,1H3,(H,32,37)(H,33,34)(H,31,35,36). The number of nitrogens with zero attached hydrogens (tertiary/aromatic N) is 2. The van der Waals surface area contributed by atoms with E-state index in [-0.39, 0.29) is 17.0 Å². The number of alkyl halides is 2.